The third-order valence-electron chi connectivity index (χ3n) is 5.40. The lowest BCUT2D eigenvalue weighted by atomic mass is 10.1. The van der Waals surface area contributed by atoms with Gasteiger partial charge in [0, 0.05) is 32.1 Å². The molecule has 3 aromatic rings. The first-order chi connectivity index (χ1) is 13.5. The highest BCUT2D eigenvalue weighted by atomic mass is 16.2. The largest absolute Gasteiger partial charge is 0.331 e. The maximum atomic E-state index is 12.6. The Bertz CT molecular complexity index is 1030. The molecule has 4 rings (SSSR count). The zero-order valence-corrected chi connectivity index (χ0v) is 16.2. The van der Waals surface area contributed by atoms with Crippen molar-refractivity contribution in [3.8, 4) is 0 Å². The summed E-state index contributed by atoms with van der Waals surface area (Å²) < 4.78 is 2.08. The molecular weight excluding hydrogens is 352 g/mol. The average molecular weight is 376 g/mol. The quantitative estimate of drug-likeness (QED) is 0.744. The van der Waals surface area contributed by atoms with Gasteiger partial charge < -0.3 is 14.8 Å². The van der Waals surface area contributed by atoms with Crippen molar-refractivity contribution in [1.29, 1.82) is 0 Å². The van der Waals surface area contributed by atoms with Crippen molar-refractivity contribution in [2.45, 2.75) is 32.2 Å². The molecule has 2 amide bonds. The van der Waals surface area contributed by atoms with Gasteiger partial charge >= 0.3 is 0 Å². The monoisotopic (exact) mass is 376 g/mol. The van der Waals surface area contributed by atoms with Crippen LogP contribution in [0.15, 0.2) is 48.5 Å². The van der Waals surface area contributed by atoms with Crippen molar-refractivity contribution < 1.29 is 9.59 Å². The summed E-state index contributed by atoms with van der Waals surface area (Å²) in [5, 5.41) is 2.93. The van der Waals surface area contributed by atoms with Crippen molar-refractivity contribution in [2.75, 3.05) is 11.9 Å². The number of nitrogens with one attached hydrogen (secondary N) is 1. The summed E-state index contributed by atoms with van der Waals surface area (Å²) in [6.45, 7) is 2.42. The molecule has 0 spiro atoms. The van der Waals surface area contributed by atoms with E-state index in [4.69, 9.17) is 4.98 Å². The summed E-state index contributed by atoms with van der Waals surface area (Å²) in [6, 6.07) is 15.5. The van der Waals surface area contributed by atoms with Crippen molar-refractivity contribution >= 4 is 28.5 Å². The Hall–Kier alpha value is -3.15. The second-order valence-corrected chi connectivity index (χ2v) is 7.31. The molecule has 1 atom stereocenters. The molecule has 0 aliphatic carbocycles. The third kappa shape index (κ3) is 3.50. The number of nitrogens with zero attached hydrogens (tertiary/aromatic N) is 3. The van der Waals surface area contributed by atoms with E-state index in [9.17, 15) is 9.59 Å². The molecule has 1 aromatic heterocycles. The molecule has 144 valence electrons. The van der Waals surface area contributed by atoms with E-state index in [1.807, 2.05) is 43.4 Å². The van der Waals surface area contributed by atoms with E-state index in [0.29, 0.717) is 18.7 Å². The minimum Gasteiger partial charge on any atom is -0.331 e. The van der Waals surface area contributed by atoms with E-state index < -0.39 is 6.04 Å². The van der Waals surface area contributed by atoms with Crippen molar-refractivity contribution in [3.63, 3.8) is 0 Å². The fraction of sp³-hybridized carbons (Fsp3) is 0.318. The predicted octanol–water partition coefficient (Wildman–Crippen LogP) is 3.11. The first kappa shape index (κ1) is 18.2. The maximum absolute atomic E-state index is 12.6. The number of aromatic nitrogens is 2. The van der Waals surface area contributed by atoms with Gasteiger partial charge in [0.2, 0.25) is 11.8 Å². The van der Waals surface area contributed by atoms with Crippen LogP contribution in [0.1, 0.15) is 31.2 Å². The molecule has 0 radical (unpaired) electrons. The third-order valence-corrected chi connectivity index (χ3v) is 5.40. The first-order valence-electron chi connectivity index (χ1n) is 9.62. The smallest absolute Gasteiger partial charge is 0.246 e. The molecule has 1 fully saturated rings. The van der Waals surface area contributed by atoms with Crippen LogP contribution in [-0.4, -0.2) is 38.9 Å². The van der Waals surface area contributed by atoms with E-state index in [1.54, 1.807) is 11.8 Å². The predicted molar refractivity (Wildman–Crippen MR) is 109 cm³/mol. The van der Waals surface area contributed by atoms with Crippen LogP contribution in [0.3, 0.4) is 0 Å². The Morgan fingerprint density at radius 3 is 2.71 bits per heavy atom. The van der Waals surface area contributed by atoms with Crippen LogP contribution in [0.25, 0.3) is 11.0 Å². The Labute approximate surface area is 164 Å². The standard InChI is InChI=1S/C22H24N4O2/c1-15(26-12-6-9-21(26)27)22(28)23-17-10-11-19-18(14-17)24-20(25(19)2)13-16-7-4-3-5-8-16/h3-5,7-8,10-11,14-15H,6,9,12-13H2,1-2H3,(H,23,28). The molecule has 1 aliphatic rings. The van der Waals surface area contributed by atoms with E-state index in [0.717, 1.165) is 29.7 Å². The summed E-state index contributed by atoms with van der Waals surface area (Å²) >= 11 is 0. The molecular formula is C22H24N4O2. The van der Waals surface area contributed by atoms with Crippen LogP contribution >= 0.6 is 0 Å². The van der Waals surface area contributed by atoms with Gasteiger partial charge in [0.1, 0.15) is 11.9 Å². The van der Waals surface area contributed by atoms with Gasteiger partial charge in [-0.05, 0) is 37.1 Å². The van der Waals surface area contributed by atoms with Gasteiger partial charge in [0.25, 0.3) is 0 Å². The number of imidazole rings is 1. The molecule has 2 aromatic carbocycles. The lowest BCUT2D eigenvalue weighted by molar-refractivity contribution is -0.134. The zero-order valence-electron chi connectivity index (χ0n) is 16.2. The van der Waals surface area contributed by atoms with Gasteiger partial charge in [-0.3, -0.25) is 9.59 Å². The number of hydrogen-bond donors (Lipinski definition) is 1. The lowest BCUT2D eigenvalue weighted by Gasteiger charge is -2.23. The van der Waals surface area contributed by atoms with Gasteiger partial charge in [0.05, 0.1) is 11.0 Å². The summed E-state index contributed by atoms with van der Waals surface area (Å²) in [7, 11) is 2.01. The fourth-order valence-electron chi connectivity index (χ4n) is 3.73. The van der Waals surface area contributed by atoms with Crippen molar-refractivity contribution in [1.82, 2.24) is 14.5 Å². The van der Waals surface area contributed by atoms with Crippen LogP contribution in [0.2, 0.25) is 0 Å². The number of hydrogen-bond acceptors (Lipinski definition) is 3. The summed E-state index contributed by atoms with van der Waals surface area (Å²) in [5.74, 6) is 0.851. The minimum absolute atomic E-state index is 0.0494. The number of carbonyl (C=O) groups excluding carboxylic acids is 2. The molecule has 1 unspecified atom stereocenters. The van der Waals surface area contributed by atoms with Crippen LogP contribution in [0.5, 0.6) is 0 Å². The summed E-state index contributed by atoms with van der Waals surface area (Å²) in [6.07, 6.45) is 2.10. The number of anilines is 1. The second kappa shape index (κ2) is 7.46. The van der Waals surface area contributed by atoms with Gasteiger partial charge in [-0.1, -0.05) is 30.3 Å². The highest BCUT2D eigenvalue weighted by Crippen LogP contribution is 2.22. The number of carbonyl (C=O) groups is 2. The Morgan fingerprint density at radius 2 is 2.00 bits per heavy atom. The van der Waals surface area contributed by atoms with E-state index in [2.05, 4.69) is 22.0 Å². The topological polar surface area (TPSA) is 67.2 Å². The van der Waals surface area contributed by atoms with Gasteiger partial charge in [-0.25, -0.2) is 4.98 Å². The first-order valence-corrected chi connectivity index (χ1v) is 9.62. The molecule has 1 N–H and O–H groups in total. The van der Waals surface area contributed by atoms with E-state index in [1.165, 1.54) is 5.56 Å². The highest BCUT2D eigenvalue weighted by Gasteiger charge is 2.29. The fourth-order valence-corrected chi connectivity index (χ4v) is 3.73. The molecule has 28 heavy (non-hydrogen) atoms. The molecule has 1 saturated heterocycles. The number of amides is 2. The summed E-state index contributed by atoms with van der Waals surface area (Å²) in [4.78, 5) is 30.8. The van der Waals surface area contributed by atoms with Crippen LogP contribution < -0.4 is 5.32 Å². The molecule has 2 heterocycles. The number of rotatable bonds is 5. The molecule has 0 saturated carbocycles. The van der Waals surface area contributed by atoms with Gasteiger partial charge in [0.15, 0.2) is 0 Å². The molecule has 1 aliphatic heterocycles. The number of benzene rings is 2. The Kier molecular flexibility index (Phi) is 4.86. The van der Waals surface area contributed by atoms with E-state index in [-0.39, 0.29) is 11.8 Å². The normalized spacial score (nSPS) is 15.2. The summed E-state index contributed by atoms with van der Waals surface area (Å²) in [5.41, 5.74) is 3.77. The van der Waals surface area contributed by atoms with Crippen LogP contribution in [-0.2, 0) is 23.1 Å². The van der Waals surface area contributed by atoms with Crippen LogP contribution in [0.4, 0.5) is 5.69 Å². The molecule has 0 bridgehead atoms. The number of aryl methyl sites for hydroxylation is 1. The zero-order chi connectivity index (χ0) is 19.7. The number of likely N-dealkylation sites (tertiary alicyclic amines) is 1. The van der Waals surface area contributed by atoms with Gasteiger partial charge in [-0.15, -0.1) is 0 Å². The molecule has 6 nitrogen and oxygen atoms in total. The lowest BCUT2D eigenvalue weighted by Crippen LogP contribution is -2.42. The van der Waals surface area contributed by atoms with Crippen molar-refractivity contribution in [3.05, 3.63) is 59.9 Å². The highest BCUT2D eigenvalue weighted by molar-refractivity contribution is 5.98. The van der Waals surface area contributed by atoms with Gasteiger partial charge in [-0.2, -0.15) is 0 Å². The van der Waals surface area contributed by atoms with Crippen molar-refractivity contribution in [2.24, 2.45) is 7.05 Å². The van der Waals surface area contributed by atoms with Crippen LogP contribution in [0, 0.1) is 0 Å². The Morgan fingerprint density at radius 1 is 1.21 bits per heavy atom. The molecule has 6 heteroatoms. The average Bonchev–Trinajstić information content (AvgIpc) is 3.25. The van der Waals surface area contributed by atoms with E-state index >= 15 is 0 Å². The second-order valence-electron chi connectivity index (χ2n) is 7.31. The maximum Gasteiger partial charge on any atom is 0.246 e. The SMILES string of the molecule is CC(C(=O)Nc1ccc2c(c1)nc(Cc1ccccc1)n2C)N1CCCC1=O. The minimum atomic E-state index is -0.469. The Balaban J connectivity index is 1.53. The number of fused-ring (bicyclic) bond motifs is 1.